The molecule has 0 atom stereocenters. The molecule has 2 aromatic rings. The molecule has 0 fully saturated rings. The van der Waals surface area contributed by atoms with Crippen molar-refractivity contribution in [3.8, 4) is 5.75 Å². The van der Waals surface area contributed by atoms with Gasteiger partial charge >= 0.3 is 5.97 Å². The summed E-state index contributed by atoms with van der Waals surface area (Å²) in [4.78, 5) is 14.9. The Labute approximate surface area is 104 Å². The number of nitrogens with zero attached hydrogens (tertiary/aromatic N) is 1. The van der Waals surface area contributed by atoms with Gasteiger partial charge in [-0.3, -0.25) is 0 Å². The summed E-state index contributed by atoms with van der Waals surface area (Å²) >= 11 is 0. The number of ether oxygens (including phenoxy) is 1. The van der Waals surface area contributed by atoms with Crippen LogP contribution in [0.2, 0.25) is 0 Å². The Balaban J connectivity index is 2.18. The molecule has 5 heteroatoms. The molecule has 0 bridgehead atoms. The van der Waals surface area contributed by atoms with Gasteiger partial charge in [0.25, 0.3) is 0 Å². The van der Waals surface area contributed by atoms with Crippen molar-refractivity contribution in [1.82, 2.24) is 4.98 Å². The number of aryl methyl sites for hydroxylation is 1. The summed E-state index contributed by atoms with van der Waals surface area (Å²) in [5, 5.41) is 8.86. The molecule has 0 unspecified atom stereocenters. The van der Waals surface area contributed by atoms with Crippen LogP contribution in [0.3, 0.4) is 0 Å². The zero-order valence-electron chi connectivity index (χ0n) is 10.1. The molecule has 0 radical (unpaired) electrons. The highest BCUT2D eigenvalue weighted by Crippen LogP contribution is 2.16. The topological polar surface area (TPSA) is 72.6 Å². The number of aromatic nitrogens is 1. The molecule has 5 nitrogen and oxygen atoms in total. The van der Waals surface area contributed by atoms with E-state index in [1.807, 2.05) is 24.3 Å². The minimum absolute atomic E-state index is 0.0986. The van der Waals surface area contributed by atoms with Crippen molar-refractivity contribution < 1.29 is 19.1 Å². The van der Waals surface area contributed by atoms with E-state index in [-0.39, 0.29) is 5.76 Å². The van der Waals surface area contributed by atoms with Crippen LogP contribution in [0.1, 0.15) is 27.7 Å². The number of benzene rings is 1. The fourth-order valence-electron chi connectivity index (χ4n) is 1.64. The minimum Gasteiger partial charge on any atom is -0.497 e. The Bertz CT molecular complexity index is 557. The van der Waals surface area contributed by atoms with Gasteiger partial charge in [-0.05, 0) is 24.6 Å². The van der Waals surface area contributed by atoms with Crippen molar-refractivity contribution in [2.24, 2.45) is 0 Å². The standard InChI is InChI=1S/C13H13NO4/c1-8-12(13(15)16)18-11(14-8)7-9-3-5-10(17-2)6-4-9/h3-6H,7H2,1-2H3,(H,15,16). The molecular formula is C13H13NO4. The molecule has 1 aromatic heterocycles. The van der Waals surface area contributed by atoms with E-state index in [0.717, 1.165) is 11.3 Å². The molecule has 94 valence electrons. The SMILES string of the molecule is COc1ccc(Cc2nc(C)c(C(=O)O)o2)cc1. The van der Waals surface area contributed by atoms with E-state index in [0.29, 0.717) is 18.0 Å². The zero-order valence-corrected chi connectivity index (χ0v) is 10.1. The summed E-state index contributed by atoms with van der Waals surface area (Å²) in [5.74, 6) is -0.0249. The van der Waals surface area contributed by atoms with E-state index in [4.69, 9.17) is 14.3 Å². The number of hydrogen-bond donors (Lipinski definition) is 1. The molecule has 2 rings (SSSR count). The molecule has 1 aromatic carbocycles. The Hall–Kier alpha value is -2.30. The quantitative estimate of drug-likeness (QED) is 0.897. The second-order valence-electron chi connectivity index (χ2n) is 3.85. The third-order valence-corrected chi connectivity index (χ3v) is 2.55. The Morgan fingerprint density at radius 3 is 2.56 bits per heavy atom. The lowest BCUT2D eigenvalue weighted by Crippen LogP contribution is -1.95. The highest BCUT2D eigenvalue weighted by Gasteiger charge is 2.16. The van der Waals surface area contributed by atoms with Crippen LogP contribution in [0.15, 0.2) is 28.7 Å². The predicted octanol–water partition coefficient (Wildman–Crippen LogP) is 2.28. The highest BCUT2D eigenvalue weighted by atomic mass is 16.5. The van der Waals surface area contributed by atoms with E-state index in [1.54, 1.807) is 14.0 Å². The third kappa shape index (κ3) is 2.51. The van der Waals surface area contributed by atoms with Crippen LogP contribution >= 0.6 is 0 Å². The molecule has 1 N–H and O–H groups in total. The Morgan fingerprint density at radius 2 is 2.06 bits per heavy atom. The van der Waals surface area contributed by atoms with Gasteiger partial charge in [-0.15, -0.1) is 0 Å². The maximum atomic E-state index is 10.8. The smallest absolute Gasteiger partial charge is 0.373 e. The van der Waals surface area contributed by atoms with Gasteiger partial charge in [0.05, 0.1) is 12.8 Å². The van der Waals surface area contributed by atoms with E-state index in [9.17, 15) is 4.79 Å². The van der Waals surface area contributed by atoms with Crippen LogP contribution in [0.4, 0.5) is 0 Å². The summed E-state index contributed by atoms with van der Waals surface area (Å²) in [5.41, 5.74) is 1.38. The van der Waals surface area contributed by atoms with Gasteiger partial charge in [0.1, 0.15) is 5.75 Å². The molecular weight excluding hydrogens is 234 g/mol. The first-order valence-electron chi connectivity index (χ1n) is 5.42. The predicted molar refractivity (Wildman–Crippen MR) is 64.0 cm³/mol. The number of carboxylic acids is 1. The van der Waals surface area contributed by atoms with Crippen LogP contribution < -0.4 is 4.74 Å². The third-order valence-electron chi connectivity index (χ3n) is 2.55. The largest absolute Gasteiger partial charge is 0.497 e. The van der Waals surface area contributed by atoms with Crippen molar-refractivity contribution in [2.45, 2.75) is 13.3 Å². The van der Waals surface area contributed by atoms with Crippen molar-refractivity contribution >= 4 is 5.97 Å². The van der Waals surface area contributed by atoms with Crippen LogP contribution in [0, 0.1) is 6.92 Å². The fraction of sp³-hybridized carbons (Fsp3) is 0.231. The van der Waals surface area contributed by atoms with Gasteiger partial charge in [-0.2, -0.15) is 0 Å². The molecule has 1 heterocycles. The number of rotatable bonds is 4. The van der Waals surface area contributed by atoms with Crippen molar-refractivity contribution in [2.75, 3.05) is 7.11 Å². The molecule has 0 spiro atoms. The van der Waals surface area contributed by atoms with E-state index in [2.05, 4.69) is 4.98 Å². The van der Waals surface area contributed by atoms with Gasteiger partial charge in [0.15, 0.2) is 5.89 Å². The summed E-state index contributed by atoms with van der Waals surface area (Å²) in [7, 11) is 1.60. The monoisotopic (exact) mass is 247 g/mol. The van der Waals surface area contributed by atoms with Crippen molar-refractivity contribution in [3.63, 3.8) is 0 Å². The number of aromatic carboxylic acids is 1. The lowest BCUT2D eigenvalue weighted by atomic mass is 10.1. The average Bonchev–Trinajstić information content (AvgIpc) is 2.71. The van der Waals surface area contributed by atoms with Gasteiger partial charge < -0.3 is 14.3 Å². The van der Waals surface area contributed by atoms with E-state index >= 15 is 0 Å². The van der Waals surface area contributed by atoms with Gasteiger partial charge in [-0.25, -0.2) is 9.78 Å². The zero-order chi connectivity index (χ0) is 13.1. The average molecular weight is 247 g/mol. The highest BCUT2D eigenvalue weighted by molar-refractivity contribution is 5.85. The van der Waals surface area contributed by atoms with Crippen molar-refractivity contribution in [1.29, 1.82) is 0 Å². The molecule has 0 saturated carbocycles. The minimum atomic E-state index is -1.10. The van der Waals surface area contributed by atoms with Crippen LogP contribution in [0.5, 0.6) is 5.75 Å². The first-order valence-corrected chi connectivity index (χ1v) is 5.42. The fourth-order valence-corrected chi connectivity index (χ4v) is 1.64. The molecule has 0 saturated heterocycles. The summed E-state index contributed by atoms with van der Waals surface area (Å²) < 4.78 is 10.3. The van der Waals surface area contributed by atoms with Crippen LogP contribution in [-0.4, -0.2) is 23.2 Å². The summed E-state index contributed by atoms with van der Waals surface area (Å²) in [6.07, 6.45) is 0.456. The van der Waals surface area contributed by atoms with Crippen LogP contribution in [-0.2, 0) is 6.42 Å². The Kier molecular flexibility index (Phi) is 3.32. The lowest BCUT2D eigenvalue weighted by Gasteiger charge is -2.00. The number of carboxylic acid groups (broad SMARTS) is 1. The number of carbonyl (C=O) groups is 1. The molecule has 0 amide bonds. The Morgan fingerprint density at radius 1 is 1.39 bits per heavy atom. The lowest BCUT2D eigenvalue weighted by molar-refractivity contribution is 0.0659. The number of methoxy groups -OCH3 is 1. The number of hydrogen-bond acceptors (Lipinski definition) is 4. The first-order chi connectivity index (χ1) is 8.60. The van der Waals surface area contributed by atoms with E-state index < -0.39 is 5.97 Å². The molecule has 0 aliphatic rings. The summed E-state index contributed by atoms with van der Waals surface area (Å²) in [6.45, 7) is 1.62. The first kappa shape index (κ1) is 12.2. The molecule has 0 aliphatic heterocycles. The second kappa shape index (κ2) is 4.91. The van der Waals surface area contributed by atoms with Gasteiger partial charge in [0, 0.05) is 6.42 Å². The van der Waals surface area contributed by atoms with E-state index in [1.165, 1.54) is 0 Å². The molecule has 18 heavy (non-hydrogen) atoms. The van der Waals surface area contributed by atoms with Gasteiger partial charge in [0.2, 0.25) is 5.76 Å². The van der Waals surface area contributed by atoms with Crippen molar-refractivity contribution in [3.05, 3.63) is 47.2 Å². The summed E-state index contributed by atoms with van der Waals surface area (Å²) in [6, 6.07) is 7.45. The second-order valence-corrected chi connectivity index (χ2v) is 3.85. The van der Waals surface area contributed by atoms with Crippen LogP contribution in [0.25, 0.3) is 0 Å². The molecule has 0 aliphatic carbocycles. The number of oxazole rings is 1. The maximum Gasteiger partial charge on any atom is 0.373 e. The van der Waals surface area contributed by atoms with Gasteiger partial charge in [-0.1, -0.05) is 12.1 Å². The normalized spacial score (nSPS) is 10.3. The maximum absolute atomic E-state index is 10.8.